The molecule has 0 spiro atoms. The summed E-state index contributed by atoms with van der Waals surface area (Å²) in [6.45, 7) is 15.2. The predicted molar refractivity (Wildman–Crippen MR) is 165 cm³/mol. The zero-order valence-electron chi connectivity index (χ0n) is 26.9. The molecule has 44 heavy (non-hydrogen) atoms. The molecule has 1 N–H and O–H groups in total. The maximum absolute atomic E-state index is 15.1. The van der Waals surface area contributed by atoms with Gasteiger partial charge in [-0.25, -0.2) is 13.8 Å². The van der Waals surface area contributed by atoms with Gasteiger partial charge in [0.25, 0.3) is 0 Å². The minimum atomic E-state index is -0.787. The first-order valence-corrected chi connectivity index (χ1v) is 15.3. The van der Waals surface area contributed by atoms with Crippen molar-refractivity contribution in [2.24, 2.45) is 17.8 Å². The number of pyridine rings is 1. The summed E-state index contributed by atoms with van der Waals surface area (Å²) in [5.74, 6) is -0.210. The molecule has 0 radical (unpaired) electrons. The van der Waals surface area contributed by atoms with Gasteiger partial charge < -0.3 is 19.3 Å². The number of ether oxygens (including phenoxy) is 3. The second-order valence-electron chi connectivity index (χ2n) is 14.0. The minimum Gasteiger partial charge on any atom is -0.494 e. The van der Waals surface area contributed by atoms with Gasteiger partial charge in [-0.3, -0.25) is 4.79 Å². The van der Waals surface area contributed by atoms with Crippen molar-refractivity contribution in [3.8, 4) is 22.8 Å². The molecular weight excluding hydrogens is 564 g/mol. The maximum atomic E-state index is 15.1. The summed E-state index contributed by atoms with van der Waals surface area (Å²) >= 11 is 0. The molecule has 1 fully saturated rings. The molecule has 1 unspecified atom stereocenters. The number of nitrogens with zero attached hydrogens (tertiary/aromatic N) is 1. The van der Waals surface area contributed by atoms with Gasteiger partial charge in [0.2, 0.25) is 5.88 Å². The van der Waals surface area contributed by atoms with Crippen LogP contribution in [0.25, 0.3) is 11.1 Å². The Morgan fingerprint density at radius 3 is 2.34 bits per heavy atom. The van der Waals surface area contributed by atoms with E-state index in [0.717, 1.165) is 34.7 Å². The second-order valence-corrected chi connectivity index (χ2v) is 14.0. The second kappa shape index (κ2) is 11.8. The van der Waals surface area contributed by atoms with Gasteiger partial charge in [-0.15, -0.1) is 0 Å². The topological polar surface area (TPSA) is 77.9 Å². The molecule has 0 bridgehead atoms. The third-order valence-corrected chi connectivity index (χ3v) is 8.97. The smallest absolute Gasteiger partial charge is 0.310 e. The van der Waals surface area contributed by atoms with Crippen molar-refractivity contribution in [2.45, 2.75) is 92.0 Å². The van der Waals surface area contributed by atoms with Gasteiger partial charge in [-0.2, -0.15) is 0 Å². The number of benzene rings is 2. The first-order chi connectivity index (χ1) is 20.5. The van der Waals surface area contributed by atoms with E-state index in [-0.39, 0.29) is 47.4 Å². The number of hydrogen-bond donors (Lipinski definition) is 1. The first-order valence-electron chi connectivity index (χ1n) is 15.3. The summed E-state index contributed by atoms with van der Waals surface area (Å²) in [6.07, 6.45) is 3.18. The summed E-state index contributed by atoms with van der Waals surface area (Å²) in [5, 5.41) is 10.2. The molecule has 8 heteroatoms. The molecule has 0 aliphatic heterocycles. The molecular formula is C36H43F2NO5. The number of esters is 1. The van der Waals surface area contributed by atoms with E-state index in [1.54, 1.807) is 20.0 Å². The van der Waals surface area contributed by atoms with Crippen LogP contribution in [0.3, 0.4) is 0 Å². The van der Waals surface area contributed by atoms with Crippen molar-refractivity contribution in [1.29, 1.82) is 0 Å². The Kier molecular flexibility index (Phi) is 8.53. The molecule has 2 aromatic carbocycles. The third kappa shape index (κ3) is 6.75. The summed E-state index contributed by atoms with van der Waals surface area (Å²) in [6, 6.07) is 7.95. The number of carbonyl (C=O) groups is 1. The molecule has 4 atom stereocenters. The van der Waals surface area contributed by atoms with Gasteiger partial charge in [0.05, 0.1) is 18.1 Å². The molecule has 6 nitrogen and oxygen atoms in total. The van der Waals surface area contributed by atoms with Crippen LogP contribution in [-0.2, 0) is 22.6 Å². The van der Waals surface area contributed by atoms with E-state index >= 15 is 4.39 Å². The fourth-order valence-corrected chi connectivity index (χ4v) is 6.23. The Labute approximate surface area is 258 Å². The maximum Gasteiger partial charge on any atom is 0.310 e. The van der Waals surface area contributed by atoms with Crippen molar-refractivity contribution in [3.63, 3.8) is 0 Å². The highest BCUT2D eigenvalue weighted by Gasteiger charge is 2.61. The van der Waals surface area contributed by atoms with Crippen molar-refractivity contribution in [1.82, 2.24) is 4.98 Å². The molecule has 5 rings (SSSR count). The fraction of sp³-hybridized carbons (Fsp3) is 0.500. The number of aryl methyl sites for hydroxylation is 2. The van der Waals surface area contributed by atoms with E-state index in [4.69, 9.17) is 14.2 Å². The minimum absolute atomic E-state index is 0.0621. The van der Waals surface area contributed by atoms with Gasteiger partial charge in [0, 0.05) is 35.4 Å². The lowest BCUT2D eigenvalue weighted by atomic mass is 9.90. The number of carbonyl (C=O) groups excluding carboxylic acids is 1. The Hall–Kier alpha value is -3.52. The van der Waals surface area contributed by atoms with Crippen LogP contribution in [0.4, 0.5) is 8.78 Å². The average Bonchev–Trinajstić information content (AvgIpc) is 3.49. The fourth-order valence-electron chi connectivity index (χ4n) is 6.23. The van der Waals surface area contributed by atoms with E-state index in [0.29, 0.717) is 30.2 Å². The van der Waals surface area contributed by atoms with Crippen LogP contribution in [0, 0.1) is 43.2 Å². The van der Waals surface area contributed by atoms with Gasteiger partial charge in [0.1, 0.15) is 29.6 Å². The molecule has 3 aromatic rings. The van der Waals surface area contributed by atoms with Gasteiger partial charge >= 0.3 is 5.97 Å². The standard InChI is InChI=1S/C36H43F2NO5/c1-19-11-24(42-10-9-21(3)36(7,8)41)12-20(2)31(19)25-14-23(28(37)16-29(25)38)18-43-30-15-22-13-26-32(27(22)17-39-30)33(26)34(40)44-35(4,5)6/h11-12,14-17,21,26,32-33,41H,9-10,13,18H2,1-8H3/t21?,26-,32-,33+/m1/s1. The van der Waals surface area contributed by atoms with Gasteiger partial charge in [0.15, 0.2) is 0 Å². The summed E-state index contributed by atoms with van der Waals surface area (Å²) in [5.41, 5.74) is 3.60. The average molecular weight is 608 g/mol. The van der Waals surface area contributed by atoms with Gasteiger partial charge in [-0.1, -0.05) is 6.92 Å². The molecule has 2 aliphatic carbocycles. The number of aromatic nitrogens is 1. The molecule has 1 aromatic heterocycles. The number of hydrogen-bond acceptors (Lipinski definition) is 6. The first kappa shape index (κ1) is 31.9. The highest BCUT2D eigenvalue weighted by molar-refractivity contribution is 5.80. The Morgan fingerprint density at radius 2 is 1.70 bits per heavy atom. The van der Waals surface area contributed by atoms with E-state index in [1.807, 2.05) is 59.7 Å². The lowest BCUT2D eigenvalue weighted by Crippen LogP contribution is -2.29. The molecule has 2 aliphatic rings. The number of aliphatic hydroxyl groups is 1. The molecule has 0 amide bonds. The van der Waals surface area contributed by atoms with Gasteiger partial charge in [-0.05, 0) is 119 Å². The van der Waals surface area contributed by atoms with Crippen LogP contribution >= 0.6 is 0 Å². The highest BCUT2D eigenvalue weighted by atomic mass is 19.1. The third-order valence-electron chi connectivity index (χ3n) is 8.97. The number of fused-ring (bicyclic) bond motifs is 3. The zero-order chi connectivity index (χ0) is 32.1. The van der Waals surface area contributed by atoms with Crippen LogP contribution in [0.1, 0.15) is 81.7 Å². The van der Waals surface area contributed by atoms with E-state index in [9.17, 15) is 14.3 Å². The number of rotatable bonds is 10. The van der Waals surface area contributed by atoms with E-state index < -0.39 is 22.8 Å². The molecule has 1 heterocycles. The lowest BCUT2D eigenvalue weighted by molar-refractivity contribution is -0.157. The van der Waals surface area contributed by atoms with Crippen LogP contribution in [0.5, 0.6) is 11.6 Å². The zero-order valence-corrected chi connectivity index (χ0v) is 26.9. The van der Waals surface area contributed by atoms with Crippen LogP contribution in [-0.4, -0.2) is 33.9 Å². The van der Waals surface area contributed by atoms with Crippen LogP contribution in [0.15, 0.2) is 36.5 Å². The molecule has 236 valence electrons. The summed E-state index contributed by atoms with van der Waals surface area (Å²) < 4.78 is 47.4. The van der Waals surface area contributed by atoms with E-state index in [1.165, 1.54) is 6.07 Å². The Bertz CT molecular complexity index is 1550. The van der Waals surface area contributed by atoms with Crippen molar-refractivity contribution in [3.05, 3.63) is 76.0 Å². The molecule has 1 saturated carbocycles. The van der Waals surface area contributed by atoms with Crippen molar-refractivity contribution in [2.75, 3.05) is 6.61 Å². The van der Waals surface area contributed by atoms with Crippen LogP contribution in [0.2, 0.25) is 0 Å². The SMILES string of the molecule is Cc1cc(OCCC(C)C(C)(C)O)cc(C)c1-c1cc(COc2cc3c(cn2)[C@H]2[C@@H](C3)[C@@H]2C(=O)OC(C)(C)C)c(F)cc1F. The summed E-state index contributed by atoms with van der Waals surface area (Å²) in [4.78, 5) is 17.0. The highest BCUT2D eigenvalue weighted by Crippen LogP contribution is 2.62. The lowest BCUT2D eigenvalue weighted by Gasteiger charge is -2.25. The van der Waals surface area contributed by atoms with E-state index in [2.05, 4.69) is 4.98 Å². The monoisotopic (exact) mass is 607 g/mol. The quantitative estimate of drug-likeness (QED) is 0.239. The normalized spacial score (nSPS) is 19.7. The largest absolute Gasteiger partial charge is 0.494 e. The van der Waals surface area contributed by atoms with Crippen molar-refractivity contribution < 1.29 is 32.9 Å². The summed E-state index contributed by atoms with van der Waals surface area (Å²) in [7, 11) is 0. The Balaban J connectivity index is 1.26. The van der Waals surface area contributed by atoms with Crippen LogP contribution < -0.4 is 9.47 Å². The molecule has 0 saturated heterocycles. The Morgan fingerprint density at radius 1 is 1.02 bits per heavy atom. The van der Waals surface area contributed by atoms with Crippen molar-refractivity contribution >= 4 is 5.97 Å². The number of halogens is 2. The predicted octanol–water partition coefficient (Wildman–Crippen LogP) is 7.63.